The van der Waals surface area contributed by atoms with Crippen LogP contribution < -0.4 is 15.5 Å². The van der Waals surface area contributed by atoms with E-state index < -0.39 is 17.8 Å². The second kappa shape index (κ2) is 10.5. The van der Waals surface area contributed by atoms with E-state index in [-0.39, 0.29) is 5.75 Å². The molecule has 0 saturated carbocycles. The number of benzene rings is 3. The van der Waals surface area contributed by atoms with Gasteiger partial charge >= 0.3 is 17.8 Å². The minimum absolute atomic E-state index is 0.240. The molecule has 0 unspecified atom stereocenters. The zero-order valence-corrected chi connectivity index (χ0v) is 18.2. The smallest absolute Gasteiger partial charge is 0.344 e. The molecule has 156 valence electrons. The van der Waals surface area contributed by atoms with Crippen molar-refractivity contribution in [3.8, 4) is 5.75 Å². The molecule has 0 aliphatic rings. The number of nitrogens with zero attached hydrogens (tertiary/aromatic N) is 1. The van der Waals surface area contributed by atoms with Gasteiger partial charge in [0.25, 0.3) is 0 Å². The highest BCUT2D eigenvalue weighted by atomic mass is 79.9. The highest BCUT2D eigenvalue weighted by molar-refractivity contribution is 9.10. The van der Waals surface area contributed by atoms with Gasteiger partial charge in [0.15, 0.2) is 0 Å². The fourth-order valence-corrected chi connectivity index (χ4v) is 3.06. The topological polar surface area (TPSA) is 96.9 Å². The number of hydrazone groups is 1. The number of hydrogen-bond acceptors (Lipinski definition) is 5. The summed E-state index contributed by atoms with van der Waals surface area (Å²) in [5, 5.41) is 6.60. The summed E-state index contributed by atoms with van der Waals surface area (Å²) in [5.41, 5.74) is 3.29. The van der Waals surface area contributed by atoms with Crippen molar-refractivity contribution in [1.29, 1.82) is 0 Å². The molecule has 0 bridgehead atoms. The van der Waals surface area contributed by atoms with E-state index in [1.54, 1.807) is 66.7 Å². The lowest BCUT2D eigenvalue weighted by atomic mass is 10.2. The Kier molecular flexibility index (Phi) is 7.53. The molecule has 2 amide bonds. The molecule has 0 radical (unpaired) electrons. The summed E-state index contributed by atoms with van der Waals surface area (Å²) >= 11 is 9.15. The number of hydrogen-bond donors (Lipinski definition) is 2. The maximum absolute atomic E-state index is 12.4. The van der Waals surface area contributed by atoms with E-state index in [9.17, 15) is 14.4 Å². The Labute approximate surface area is 191 Å². The third-order valence-corrected chi connectivity index (χ3v) is 4.80. The lowest BCUT2D eigenvalue weighted by Crippen LogP contribution is -2.32. The summed E-state index contributed by atoms with van der Waals surface area (Å²) in [6.45, 7) is 0. The highest BCUT2D eigenvalue weighted by Gasteiger charge is 2.15. The van der Waals surface area contributed by atoms with Crippen LogP contribution in [0.2, 0.25) is 5.02 Å². The minimum atomic E-state index is -0.973. The number of halogens is 2. The number of rotatable bonds is 5. The summed E-state index contributed by atoms with van der Waals surface area (Å²) in [4.78, 5) is 36.3. The van der Waals surface area contributed by atoms with Crippen LogP contribution >= 0.6 is 27.5 Å². The molecule has 31 heavy (non-hydrogen) atoms. The van der Waals surface area contributed by atoms with E-state index in [2.05, 4.69) is 31.8 Å². The van der Waals surface area contributed by atoms with Crippen LogP contribution in [-0.2, 0) is 9.59 Å². The molecule has 0 fully saturated rings. The zero-order valence-electron chi connectivity index (χ0n) is 15.8. The van der Waals surface area contributed by atoms with Gasteiger partial charge in [0.1, 0.15) is 5.75 Å². The van der Waals surface area contributed by atoms with Crippen molar-refractivity contribution in [2.45, 2.75) is 0 Å². The van der Waals surface area contributed by atoms with Crippen molar-refractivity contribution in [1.82, 2.24) is 5.43 Å². The summed E-state index contributed by atoms with van der Waals surface area (Å²) < 4.78 is 6.04. The fraction of sp³-hybridized carbons (Fsp3) is 0. The lowest BCUT2D eigenvalue weighted by molar-refractivity contribution is -0.136. The Balaban J connectivity index is 1.63. The van der Waals surface area contributed by atoms with E-state index in [1.165, 1.54) is 12.3 Å². The molecule has 0 heterocycles. The average molecular weight is 501 g/mol. The largest absolute Gasteiger partial charge is 0.422 e. The molecule has 7 nitrogen and oxygen atoms in total. The van der Waals surface area contributed by atoms with Gasteiger partial charge in [0.05, 0.1) is 11.8 Å². The minimum Gasteiger partial charge on any atom is -0.422 e. The van der Waals surface area contributed by atoms with E-state index >= 15 is 0 Å². The molecule has 0 saturated heterocycles. The number of esters is 1. The quantitative estimate of drug-likeness (QED) is 0.178. The fourth-order valence-electron chi connectivity index (χ4n) is 2.43. The van der Waals surface area contributed by atoms with Gasteiger partial charge in [-0.15, -0.1) is 0 Å². The molecular formula is C22H15BrClN3O4. The van der Waals surface area contributed by atoms with Gasteiger partial charge in [-0.05, 0) is 58.4 Å². The monoisotopic (exact) mass is 499 g/mol. The third kappa shape index (κ3) is 6.24. The van der Waals surface area contributed by atoms with Crippen LogP contribution in [0.1, 0.15) is 15.9 Å². The zero-order chi connectivity index (χ0) is 22.2. The van der Waals surface area contributed by atoms with Crippen LogP contribution in [0.3, 0.4) is 0 Å². The van der Waals surface area contributed by atoms with Crippen molar-refractivity contribution in [3.05, 3.63) is 93.4 Å². The second-order valence-electron chi connectivity index (χ2n) is 6.07. The molecule has 0 aliphatic carbocycles. The predicted molar refractivity (Wildman–Crippen MR) is 121 cm³/mol. The summed E-state index contributed by atoms with van der Waals surface area (Å²) in [5.74, 6) is -2.20. The lowest BCUT2D eigenvalue weighted by Gasteiger charge is -2.08. The van der Waals surface area contributed by atoms with E-state index in [0.29, 0.717) is 26.3 Å². The van der Waals surface area contributed by atoms with Gasteiger partial charge in [0.2, 0.25) is 0 Å². The van der Waals surface area contributed by atoms with Gasteiger partial charge < -0.3 is 10.1 Å². The highest BCUT2D eigenvalue weighted by Crippen LogP contribution is 2.21. The van der Waals surface area contributed by atoms with E-state index in [4.69, 9.17) is 16.3 Å². The SMILES string of the molecule is O=C(NN=Cc1ccccc1OC(=O)c1ccccc1Br)C(=O)Nc1cccc(Cl)c1. The van der Waals surface area contributed by atoms with E-state index in [0.717, 1.165) is 0 Å². The number of ether oxygens (including phenoxy) is 1. The van der Waals surface area contributed by atoms with Crippen LogP contribution in [0.4, 0.5) is 5.69 Å². The normalized spacial score (nSPS) is 10.5. The Bertz CT molecular complexity index is 1170. The summed E-state index contributed by atoms with van der Waals surface area (Å²) in [7, 11) is 0. The molecule has 2 N–H and O–H groups in total. The molecule has 0 atom stereocenters. The van der Waals surface area contributed by atoms with Crippen LogP contribution in [0.5, 0.6) is 5.75 Å². The number of nitrogens with one attached hydrogen (secondary N) is 2. The van der Waals surface area contributed by atoms with Gasteiger partial charge in [-0.2, -0.15) is 5.10 Å². The maximum Gasteiger partial charge on any atom is 0.344 e. The maximum atomic E-state index is 12.4. The van der Waals surface area contributed by atoms with Crippen molar-refractivity contribution >= 4 is 57.2 Å². The molecule has 9 heteroatoms. The Morgan fingerprint density at radius 2 is 1.68 bits per heavy atom. The molecule has 0 spiro atoms. The Morgan fingerprint density at radius 3 is 2.45 bits per heavy atom. The van der Waals surface area contributed by atoms with Crippen molar-refractivity contribution < 1.29 is 19.1 Å². The molecule has 0 aliphatic heterocycles. The van der Waals surface area contributed by atoms with Crippen LogP contribution in [0.25, 0.3) is 0 Å². The molecule has 0 aromatic heterocycles. The standard InChI is InChI=1S/C22H15BrClN3O4/c23-18-10-3-2-9-17(18)22(30)31-19-11-4-1-6-14(19)13-25-27-21(29)20(28)26-16-8-5-7-15(24)12-16/h1-13H,(H,26,28)(H,27,29). The number of anilines is 1. The van der Waals surface area contributed by atoms with Crippen LogP contribution in [0, 0.1) is 0 Å². The molecule has 3 rings (SSSR count). The predicted octanol–water partition coefficient (Wildman–Crippen LogP) is 4.41. The number of para-hydroxylation sites is 1. The van der Waals surface area contributed by atoms with Crippen LogP contribution in [-0.4, -0.2) is 24.0 Å². The van der Waals surface area contributed by atoms with Gasteiger partial charge in [-0.3, -0.25) is 9.59 Å². The van der Waals surface area contributed by atoms with Crippen molar-refractivity contribution in [2.24, 2.45) is 5.10 Å². The Hall–Kier alpha value is -3.49. The number of amides is 2. The van der Waals surface area contributed by atoms with Crippen molar-refractivity contribution in [2.75, 3.05) is 5.32 Å². The van der Waals surface area contributed by atoms with Gasteiger partial charge in [-0.25, -0.2) is 10.2 Å². The van der Waals surface area contributed by atoms with Crippen LogP contribution in [0.15, 0.2) is 82.4 Å². The van der Waals surface area contributed by atoms with Gasteiger partial charge in [-0.1, -0.05) is 41.9 Å². The van der Waals surface area contributed by atoms with Gasteiger partial charge in [0, 0.05) is 20.7 Å². The molecular weight excluding hydrogens is 486 g/mol. The summed E-state index contributed by atoms with van der Waals surface area (Å²) in [6.07, 6.45) is 1.27. The number of carbonyl (C=O) groups is 3. The second-order valence-corrected chi connectivity index (χ2v) is 7.36. The first-order valence-electron chi connectivity index (χ1n) is 8.90. The van der Waals surface area contributed by atoms with Crippen molar-refractivity contribution in [3.63, 3.8) is 0 Å². The number of carbonyl (C=O) groups excluding carboxylic acids is 3. The molecule has 3 aromatic rings. The Morgan fingerprint density at radius 1 is 0.935 bits per heavy atom. The third-order valence-electron chi connectivity index (χ3n) is 3.87. The first kappa shape index (κ1) is 22.2. The van der Waals surface area contributed by atoms with E-state index in [1.807, 2.05) is 0 Å². The average Bonchev–Trinajstić information content (AvgIpc) is 2.75. The molecule has 3 aromatic carbocycles. The first-order chi connectivity index (χ1) is 14.9. The summed E-state index contributed by atoms with van der Waals surface area (Å²) in [6, 6.07) is 19.9. The first-order valence-corrected chi connectivity index (χ1v) is 10.1.